The second-order valence-corrected chi connectivity index (χ2v) is 7.74. The van der Waals surface area contributed by atoms with Crippen LogP contribution in [0.15, 0.2) is 35.3 Å². The van der Waals surface area contributed by atoms with Gasteiger partial charge in [0.05, 0.1) is 17.9 Å². The molecule has 1 fully saturated rings. The zero-order chi connectivity index (χ0) is 22.1. The molecule has 166 valence electrons. The van der Waals surface area contributed by atoms with E-state index in [0.29, 0.717) is 23.8 Å². The van der Waals surface area contributed by atoms with Gasteiger partial charge in [0.15, 0.2) is 5.96 Å². The second-order valence-electron chi connectivity index (χ2n) is 7.74. The van der Waals surface area contributed by atoms with Gasteiger partial charge in [0, 0.05) is 19.1 Å². The third-order valence-electron chi connectivity index (χ3n) is 5.70. The molecular formula is C23H34N8. The summed E-state index contributed by atoms with van der Waals surface area (Å²) in [6, 6.07) is 12.4. The van der Waals surface area contributed by atoms with E-state index in [9.17, 15) is 5.26 Å². The van der Waals surface area contributed by atoms with Gasteiger partial charge in [0.1, 0.15) is 17.5 Å². The number of aryl methyl sites for hydroxylation is 1. The van der Waals surface area contributed by atoms with Gasteiger partial charge in [-0.15, -0.1) is 0 Å². The Morgan fingerprint density at radius 2 is 2.10 bits per heavy atom. The lowest BCUT2D eigenvalue weighted by Gasteiger charge is -2.21. The van der Waals surface area contributed by atoms with E-state index in [4.69, 9.17) is 10.7 Å². The number of hydrogen-bond donors (Lipinski definition) is 3. The van der Waals surface area contributed by atoms with E-state index in [-0.39, 0.29) is 0 Å². The number of nitrogens with two attached hydrogens (primary N) is 1. The molecule has 31 heavy (non-hydrogen) atoms. The molecule has 0 spiro atoms. The summed E-state index contributed by atoms with van der Waals surface area (Å²) in [7, 11) is 0. The number of guanidine groups is 1. The number of benzene rings is 1. The van der Waals surface area contributed by atoms with Crippen molar-refractivity contribution >= 4 is 11.8 Å². The molecule has 0 saturated carbocycles. The van der Waals surface area contributed by atoms with Gasteiger partial charge in [0.2, 0.25) is 0 Å². The fourth-order valence-electron chi connectivity index (χ4n) is 4.06. The van der Waals surface area contributed by atoms with Crippen molar-refractivity contribution < 1.29 is 0 Å². The fourth-order valence-corrected chi connectivity index (χ4v) is 4.06. The Morgan fingerprint density at radius 1 is 1.29 bits per heavy atom. The Morgan fingerprint density at radius 3 is 2.81 bits per heavy atom. The molecule has 1 aliphatic heterocycles. The first-order chi connectivity index (χ1) is 15.2. The number of para-hydroxylation sites is 1. The first-order valence-corrected chi connectivity index (χ1v) is 11.3. The number of nitrogens with one attached hydrogen (secondary N) is 2. The van der Waals surface area contributed by atoms with Crippen LogP contribution in [0.3, 0.4) is 0 Å². The molecule has 8 heteroatoms. The van der Waals surface area contributed by atoms with Crippen LogP contribution >= 0.6 is 0 Å². The molecule has 1 unspecified atom stereocenters. The number of nitrogens with zero attached hydrogens (tertiary/aromatic N) is 5. The lowest BCUT2D eigenvalue weighted by Crippen LogP contribution is -2.39. The molecule has 8 nitrogen and oxygen atoms in total. The van der Waals surface area contributed by atoms with Crippen LogP contribution in [0.25, 0.3) is 5.69 Å². The van der Waals surface area contributed by atoms with E-state index in [1.54, 1.807) is 4.68 Å². The average molecular weight is 423 g/mol. The highest BCUT2D eigenvalue weighted by molar-refractivity contribution is 5.79. The standard InChI is InChI=1S/C23H34N8/c1-3-26-23(28-17-19-12-9-15-30(19)4-2)27-14-8-13-21-20(16-24)22(25)31(29-21)18-10-6-5-7-11-18/h5-7,10-11,19H,3-4,8-9,12-15,17,25H2,1-2H3,(H2,26,27,28). The maximum atomic E-state index is 9.56. The van der Waals surface area contributed by atoms with E-state index in [1.165, 1.54) is 19.4 Å². The van der Waals surface area contributed by atoms with E-state index in [1.807, 2.05) is 30.3 Å². The van der Waals surface area contributed by atoms with Crippen LogP contribution in [-0.2, 0) is 6.42 Å². The summed E-state index contributed by atoms with van der Waals surface area (Å²) >= 11 is 0. The van der Waals surface area contributed by atoms with E-state index in [0.717, 1.165) is 49.9 Å². The van der Waals surface area contributed by atoms with Crippen molar-refractivity contribution in [3.05, 3.63) is 41.6 Å². The van der Waals surface area contributed by atoms with E-state index >= 15 is 0 Å². The summed E-state index contributed by atoms with van der Waals surface area (Å²) in [6.07, 6.45) is 3.98. The number of hydrogen-bond acceptors (Lipinski definition) is 5. The van der Waals surface area contributed by atoms with Crippen LogP contribution in [0.1, 0.15) is 44.4 Å². The first kappa shape index (κ1) is 22.6. The van der Waals surface area contributed by atoms with Crippen molar-refractivity contribution in [3.8, 4) is 11.8 Å². The number of nitrogen functional groups attached to an aromatic ring is 1. The summed E-state index contributed by atoms with van der Waals surface area (Å²) < 4.78 is 1.65. The maximum absolute atomic E-state index is 9.56. The molecular weight excluding hydrogens is 388 g/mol. The summed E-state index contributed by atoms with van der Waals surface area (Å²) in [5.74, 6) is 1.24. The fraction of sp³-hybridized carbons (Fsp3) is 0.522. The van der Waals surface area contributed by atoms with Crippen molar-refractivity contribution in [2.24, 2.45) is 4.99 Å². The average Bonchev–Trinajstić information content (AvgIpc) is 3.38. The molecule has 4 N–H and O–H groups in total. The van der Waals surface area contributed by atoms with Crippen LogP contribution in [0.2, 0.25) is 0 Å². The minimum atomic E-state index is 0.392. The van der Waals surface area contributed by atoms with Crippen molar-refractivity contribution in [3.63, 3.8) is 0 Å². The number of anilines is 1. The monoisotopic (exact) mass is 422 g/mol. The van der Waals surface area contributed by atoms with Crippen LogP contribution < -0.4 is 16.4 Å². The number of rotatable bonds is 9. The molecule has 0 amide bonds. The number of aromatic nitrogens is 2. The van der Waals surface area contributed by atoms with E-state index < -0.39 is 0 Å². The predicted octanol–water partition coefficient (Wildman–Crippen LogP) is 2.30. The highest BCUT2D eigenvalue weighted by Gasteiger charge is 2.22. The summed E-state index contributed by atoms with van der Waals surface area (Å²) in [4.78, 5) is 7.29. The normalized spacial score (nSPS) is 16.9. The molecule has 3 rings (SSSR count). The quantitative estimate of drug-likeness (QED) is 0.325. The lowest BCUT2D eigenvalue weighted by molar-refractivity contribution is 0.273. The molecule has 1 aromatic heterocycles. The van der Waals surface area contributed by atoms with Gasteiger partial charge < -0.3 is 16.4 Å². The topological polar surface area (TPSA) is 107 Å². The molecule has 0 radical (unpaired) electrons. The van der Waals surface area contributed by atoms with Crippen molar-refractivity contribution in [1.29, 1.82) is 5.26 Å². The van der Waals surface area contributed by atoms with Crippen LogP contribution in [-0.4, -0.2) is 59.4 Å². The maximum Gasteiger partial charge on any atom is 0.191 e. The highest BCUT2D eigenvalue weighted by atomic mass is 15.3. The summed E-state index contributed by atoms with van der Waals surface area (Å²) in [5.41, 5.74) is 8.24. The minimum absolute atomic E-state index is 0.392. The predicted molar refractivity (Wildman–Crippen MR) is 125 cm³/mol. The number of likely N-dealkylation sites (tertiary alicyclic amines) is 1. The van der Waals surface area contributed by atoms with Crippen molar-refractivity contribution in [2.45, 2.75) is 45.6 Å². The van der Waals surface area contributed by atoms with Crippen LogP contribution in [0.4, 0.5) is 5.82 Å². The minimum Gasteiger partial charge on any atom is -0.382 e. The molecule has 1 atom stereocenters. The van der Waals surface area contributed by atoms with Crippen LogP contribution in [0.5, 0.6) is 0 Å². The van der Waals surface area contributed by atoms with Crippen molar-refractivity contribution in [2.75, 3.05) is 38.5 Å². The first-order valence-electron chi connectivity index (χ1n) is 11.3. The van der Waals surface area contributed by atoms with Crippen LogP contribution in [0, 0.1) is 11.3 Å². The third kappa shape index (κ3) is 5.76. The Balaban J connectivity index is 1.56. The molecule has 1 aromatic carbocycles. The second kappa shape index (κ2) is 11.4. The van der Waals surface area contributed by atoms with Gasteiger partial charge in [0.25, 0.3) is 0 Å². The van der Waals surface area contributed by atoms with Gasteiger partial charge in [-0.1, -0.05) is 25.1 Å². The summed E-state index contributed by atoms with van der Waals surface area (Å²) in [6.45, 7) is 8.95. The van der Waals surface area contributed by atoms with Gasteiger partial charge in [-0.25, -0.2) is 4.68 Å². The zero-order valence-electron chi connectivity index (χ0n) is 18.6. The lowest BCUT2D eigenvalue weighted by atomic mass is 10.1. The molecule has 1 aliphatic rings. The SMILES string of the molecule is CCNC(=NCC1CCCN1CC)NCCCc1nn(-c2ccccc2)c(N)c1C#N. The Kier molecular flexibility index (Phi) is 8.30. The van der Waals surface area contributed by atoms with Gasteiger partial charge in [-0.3, -0.25) is 9.89 Å². The Bertz CT molecular complexity index is 896. The summed E-state index contributed by atoms with van der Waals surface area (Å²) in [5, 5.41) is 20.9. The highest BCUT2D eigenvalue weighted by Crippen LogP contribution is 2.21. The molecule has 2 aromatic rings. The number of aliphatic imine (C=N–C) groups is 1. The number of likely N-dealkylation sites (N-methyl/N-ethyl adjacent to an activating group) is 1. The molecule has 0 aliphatic carbocycles. The number of nitriles is 1. The molecule has 2 heterocycles. The third-order valence-corrected chi connectivity index (χ3v) is 5.70. The van der Waals surface area contributed by atoms with Crippen molar-refractivity contribution in [1.82, 2.24) is 25.3 Å². The van der Waals surface area contributed by atoms with Gasteiger partial charge in [-0.05, 0) is 57.8 Å². The Labute approximate surface area is 185 Å². The smallest absolute Gasteiger partial charge is 0.191 e. The molecule has 0 bridgehead atoms. The zero-order valence-corrected chi connectivity index (χ0v) is 18.6. The largest absolute Gasteiger partial charge is 0.382 e. The van der Waals surface area contributed by atoms with Gasteiger partial charge in [-0.2, -0.15) is 10.4 Å². The Hall–Kier alpha value is -3.05. The van der Waals surface area contributed by atoms with E-state index in [2.05, 4.69) is 40.5 Å². The molecule has 1 saturated heterocycles. The van der Waals surface area contributed by atoms with Gasteiger partial charge >= 0.3 is 0 Å².